The Morgan fingerprint density at radius 2 is 1.93 bits per heavy atom. The predicted molar refractivity (Wildman–Crippen MR) is 111 cm³/mol. The molecule has 1 fully saturated rings. The van der Waals surface area contributed by atoms with E-state index < -0.39 is 11.9 Å². The van der Waals surface area contributed by atoms with Crippen molar-refractivity contribution < 1.29 is 14.8 Å². The number of hydrogen-bond acceptors (Lipinski definition) is 6. The number of hydrogen-bond donors (Lipinski definition) is 4. The van der Waals surface area contributed by atoms with Gasteiger partial charge >= 0.3 is 0 Å². The number of amides is 2. The van der Waals surface area contributed by atoms with Gasteiger partial charge in [0.2, 0.25) is 5.91 Å². The zero-order valence-corrected chi connectivity index (χ0v) is 16.4. The largest absolute Gasteiger partial charge is 0.356 e. The van der Waals surface area contributed by atoms with Crippen LogP contribution in [-0.4, -0.2) is 51.1 Å². The summed E-state index contributed by atoms with van der Waals surface area (Å²) in [5, 5.41) is 12.8. The fraction of sp³-hybridized carbons (Fsp3) is 0.333. The van der Waals surface area contributed by atoms with Crippen molar-refractivity contribution in [3.63, 3.8) is 0 Å². The molecule has 9 nitrogen and oxygen atoms in total. The first-order valence-electron chi connectivity index (χ1n) is 9.97. The van der Waals surface area contributed by atoms with Crippen molar-refractivity contribution in [2.45, 2.75) is 25.3 Å². The van der Waals surface area contributed by atoms with Crippen molar-refractivity contribution in [1.29, 1.82) is 0 Å². The molecular formula is C21H24N6O3. The maximum absolute atomic E-state index is 12.8. The number of piperidine rings is 1. The lowest BCUT2D eigenvalue weighted by atomic mass is 9.95. The molecule has 3 heterocycles. The molecule has 0 spiro atoms. The van der Waals surface area contributed by atoms with E-state index in [4.69, 9.17) is 5.21 Å². The average molecular weight is 408 g/mol. The fourth-order valence-corrected chi connectivity index (χ4v) is 3.89. The highest BCUT2D eigenvalue weighted by molar-refractivity contribution is 5.89. The predicted octanol–water partition coefficient (Wildman–Crippen LogP) is 1.41. The first-order chi connectivity index (χ1) is 14.7. The van der Waals surface area contributed by atoms with Crippen molar-refractivity contribution in [1.82, 2.24) is 25.7 Å². The van der Waals surface area contributed by atoms with Gasteiger partial charge in [0, 0.05) is 31.6 Å². The fourth-order valence-electron chi connectivity index (χ4n) is 3.89. The Morgan fingerprint density at radius 1 is 1.17 bits per heavy atom. The molecule has 0 unspecified atom stereocenters. The molecule has 0 radical (unpaired) electrons. The van der Waals surface area contributed by atoms with Gasteiger partial charge in [-0.3, -0.25) is 14.8 Å². The minimum absolute atomic E-state index is 0.173. The second-order valence-electron chi connectivity index (χ2n) is 7.43. The number of carbonyl (C=O) groups excluding carboxylic acids is 2. The van der Waals surface area contributed by atoms with Crippen molar-refractivity contribution in [3.8, 4) is 0 Å². The topological polar surface area (TPSA) is 123 Å². The highest BCUT2D eigenvalue weighted by Crippen LogP contribution is 2.27. The van der Waals surface area contributed by atoms with Crippen LogP contribution < -0.4 is 15.7 Å². The van der Waals surface area contributed by atoms with Crippen LogP contribution >= 0.6 is 0 Å². The zero-order chi connectivity index (χ0) is 20.9. The van der Waals surface area contributed by atoms with E-state index >= 15 is 0 Å². The highest BCUT2D eigenvalue weighted by atomic mass is 16.5. The second kappa shape index (κ2) is 8.91. The smallest absolute Gasteiger partial charge is 0.266 e. The molecule has 156 valence electrons. The molecule has 30 heavy (non-hydrogen) atoms. The number of nitrogens with one attached hydrogen (secondary N) is 3. The molecule has 1 aromatic carbocycles. The number of fused-ring (bicyclic) bond motifs is 1. The Labute approximate surface area is 173 Å². The summed E-state index contributed by atoms with van der Waals surface area (Å²) in [5.74, 6) is -0.134. The van der Waals surface area contributed by atoms with E-state index in [1.165, 1.54) is 6.33 Å². The number of hydroxylamine groups is 1. The van der Waals surface area contributed by atoms with Crippen LogP contribution in [0.25, 0.3) is 11.0 Å². The van der Waals surface area contributed by atoms with Crippen molar-refractivity contribution in [2.24, 2.45) is 5.92 Å². The molecule has 1 saturated heterocycles. The third-order valence-electron chi connectivity index (χ3n) is 5.52. The van der Waals surface area contributed by atoms with E-state index in [2.05, 4.69) is 25.2 Å². The van der Waals surface area contributed by atoms with Crippen LogP contribution in [0.4, 0.5) is 5.82 Å². The molecule has 1 atom stereocenters. The molecule has 1 aliphatic heterocycles. The maximum Gasteiger partial charge on any atom is 0.266 e. The lowest BCUT2D eigenvalue weighted by Crippen LogP contribution is -2.50. The number of rotatable bonds is 6. The number of aromatic amines is 1. The Bertz CT molecular complexity index is 1010. The van der Waals surface area contributed by atoms with Gasteiger partial charge in [0.25, 0.3) is 5.91 Å². The zero-order valence-electron chi connectivity index (χ0n) is 16.4. The van der Waals surface area contributed by atoms with Gasteiger partial charge in [0.1, 0.15) is 23.8 Å². The van der Waals surface area contributed by atoms with Gasteiger partial charge in [0.05, 0.1) is 5.39 Å². The maximum atomic E-state index is 12.8. The summed E-state index contributed by atoms with van der Waals surface area (Å²) in [6, 6.07) is 10.5. The lowest BCUT2D eigenvalue weighted by molar-refractivity contribution is -0.136. The van der Waals surface area contributed by atoms with Gasteiger partial charge < -0.3 is 15.2 Å². The van der Waals surface area contributed by atoms with Gasteiger partial charge in [-0.05, 0) is 24.5 Å². The molecule has 0 saturated carbocycles. The third-order valence-corrected chi connectivity index (χ3v) is 5.52. The number of nitrogens with zero attached hydrogens (tertiary/aromatic N) is 3. The van der Waals surface area contributed by atoms with Crippen LogP contribution in [0.2, 0.25) is 0 Å². The van der Waals surface area contributed by atoms with E-state index in [0.29, 0.717) is 32.4 Å². The molecule has 2 amide bonds. The normalized spacial score (nSPS) is 15.7. The second-order valence-corrected chi connectivity index (χ2v) is 7.43. The molecule has 2 aromatic heterocycles. The van der Waals surface area contributed by atoms with Gasteiger partial charge in [-0.2, -0.15) is 0 Å². The number of H-pyrrole nitrogens is 1. The summed E-state index contributed by atoms with van der Waals surface area (Å²) in [6.45, 7) is 1.37. The Morgan fingerprint density at radius 3 is 2.67 bits per heavy atom. The van der Waals surface area contributed by atoms with E-state index in [-0.39, 0.29) is 11.8 Å². The summed E-state index contributed by atoms with van der Waals surface area (Å²) in [5.41, 5.74) is 3.35. The molecule has 1 aliphatic rings. The molecule has 0 bridgehead atoms. The monoisotopic (exact) mass is 408 g/mol. The number of benzene rings is 1. The molecule has 4 N–H and O–H groups in total. The molecule has 3 aromatic rings. The standard InChI is InChI=1S/C21H24N6O3/c28-20(25-17(21(29)26-30)12-14-4-2-1-3-5-14)15-7-10-27(11-8-15)19-16-6-9-22-18(16)23-13-24-19/h1-6,9,13,15,17,30H,7-8,10-12H2,(H,25,28)(H,26,29)(H,22,23,24)/t17-/m1/s1. The van der Waals surface area contributed by atoms with E-state index in [0.717, 1.165) is 22.4 Å². The number of carbonyl (C=O) groups is 2. The molecule has 0 aliphatic carbocycles. The van der Waals surface area contributed by atoms with Gasteiger partial charge in [0.15, 0.2) is 0 Å². The summed E-state index contributed by atoms with van der Waals surface area (Å²) in [7, 11) is 0. The summed E-state index contributed by atoms with van der Waals surface area (Å²) in [4.78, 5) is 38.8. The van der Waals surface area contributed by atoms with Crippen molar-refractivity contribution in [2.75, 3.05) is 18.0 Å². The third kappa shape index (κ3) is 4.25. The quantitative estimate of drug-likeness (QED) is 0.361. The minimum atomic E-state index is -0.829. The number of anilines is 1. The lowest BCUT2D eigenvalue weighted by Gasteiger charge is -2.33. The highest BCUT2D eigenvalue weighted by Gasteiger charge is 2.29. The van der Waals surface area contributed by atoms with Crippen LogP contribution in [0.3, 0.4) is 0 Å². The van der Waals surface area contributed by atoms with Crippen LogP contribution in [0.1, 0.15) is 18.4 Å². The van der Waals surface area contributed by atoms with Crippen LogP contribution in [0, 0.1) is 5.92 Å². The van der Waals surface area contributed by atoms with E-state index in [1.807, 2.05) is 42.6 Å². The van der Waals surface area contributed by atoms with E-state index in [9.17, 15) is 9.59 Å². The van der Waals surface area contributed by atoms with Crippen LogP contribution in [-0.2, 0) is 16.0 Å². The SMILES string of the molecule is O=C(N[C@H](Cc1ccccc1)C(=O)NO)C1CCN(c2ncnc3[nH]ccc23)CC1. The summed E-state index contributed by atoms with van der Waals surface area (Å²) >= 11 is 0. The molecule has 4 rings (SSSR count). The summed E-state index contributed by atoms with van der Waals surface area (Å²) < 4.78 is 0. The van der Waals surface area contributed by atoms with Crippen LogP contribution in [0.15, 0.2) is 48.9 Å². The van der Waals surface area contributed by atoms with Crippen molar-refractivity contribution >= 4 is 28.7 Å². The summed E-state index contributed by atoms with van der Waals surface area (Å²) in [6.07, 6.45) is 4.99. The van der Waals surface area contributed by atoms with Gasteiger partial charge in [-0.25, -0.2) is 15.4 Å². The number of aromatic nitrogens is 3. The Balaban J connectivity index is 1.38. The Kier molecular flexibility index (Phi) is 5.89. The van der Waals surface area contributed by atoms with Crippen LogP contribution in [0.5, 0.6) is 0 Å². The van der Waals surface area contributed by atoms with Gasteiger partial charge in [-0.15, -0.1) is 0 Å². The average Bonchev–Trinajstić information content (AvgIpc) is 3.28. The first-order valence-corrected chi connectivity index (χ1v) is 9.97. The Hall–Kier alpha value is -3.46. The van der Waals surface area contributed by atoms with E-state index in [1.54, 1.807) is 5.48 Å². The molecular weight excluding hydrogens is 384 g/mol. The first kappa shape index (κ1) is 19.8. The van der Waals surface area contributed by atoms with Gasteiger partial charge in [-0.1, -0.05) is 30.3 Å². The van der Waals surface area contributed by atoms with Crippen molar-refractivity contribution in [3.05, 3.63) is 54.5 Å². The minimum Gasteiger partial charge on any atom is -0.356 e. The molecule has 9 heteroatoms.